The van der Waals surface area contributed by atoms with Crippen LogP contribution in [0.25, 0.3) is 0 Å². The molecular formula is C13H22ClNS. The molecule has 0 spiro atoms. The lowest BCUT2D eigenvalue weighted by Gasteiger charge is -2.23. The minimum Gasteiger partial charge on any atom is -0.313 e. The Balaban J connectivity index is 2.55. The van der Waals surface area contributed by atoms with Crippen LogP contribution in [0.3, 0.4) is 0 Å². The maximum absolute atomic E-state index is 5.96. The SMILES string of the molecule is CCCNC(Cc1ccc(Cl)s1)C(C)CC. The maximum atomic E-state index is 5.96. The van der Waals surface area contributed by atoms with Gasteiger partial charge in [-0.1, -0.05) is 38.8 Å². The van der Waals surface area contributed by atoms with Gasteiger partial charge in [-0.2, -0.15) is 0 Å². The molecule has 0 aliphatic heterocycles. The van der Waals surface area contributed by atoms with Crippen LogP contribution < -0.4 is 5.32 Å². The number of hydrogen-bond donors (Lipinski definition) is 1. The Bertz CT molecular complexity index is 298. The van der Waals surface area contributed by atoms with Crippen molar-refractivity contribution in [1.29, 1.82) is 0 Å². The molecule has 0 saturated carbocycles. The van der Waals surface area contributed by atoms with E-state index in [4.69, 9.17) is 11.6 Å². The maximum Gasteiger partial charge on any atom is 0.0931 e. The van der Waals surface area contributed by atoms with Crippen LogP contribution in [0.2, 0.25) is 4.34 Å². The van der Waals surface area contributed by atoms with Gasteiger partial charge in [0.15, 0.2) is 0 Å². The van der Waals surface area contributed by atoms with E-state index in [2.05, 4.69) is 32.2 Å². The summed E-state index contributed by atoms with van der Waals surface area (Å²) in [4.78, 5) is 1.39. The summed E-state index contributed by atoms with van der Waals surface area (Å²) in [5.41, 5.74) is 0. The van der Waals surface area contributed by atoms with Crippen molar-refractivity contribution in [2.45, 2.75) is 46.1 Å². The second-order valence-electron chi connectivity index (χ2n) is 4.36. The predicted molar refractivity (Wildman–Crippen MR) is 74.6 cm³/mol. The zero-order valence-electron chi connectivity index (χ0n) is 10.4. The molecule has 1 nitrogen and oxygen atoms in total. The highest BCUT2D eigenvalue weighted by Gasteiger charge is 2.16. The van der Waals surface area contributed by atoms with Gasteiger partial charge in [0.1, 0.15) is 0 Å². The molecule has 0 aliphatic carbocycles. The van der Waals surface area contributed by atoms with Crippen LogP contribution in [0.4, 0.5) is 0 Å². The van der Waals surface area contributed by atoms with E-state index >= 15 is 0 Å². The molecule has 0 radical (unpaired) electrons. The molecule has 0 fully saturated rings. The van der Waals surface area contributed by atoms with Gasteiger partial charge in [-0.05, 0) is 37.4 Å². The highest BCUT2D eigenvalue weighted by Crippen LogP contribution is 2.24. The zero-order valence-corrected chi connectivity index (χ0v) is 12.0. The van der Waals surface area contributed by atoms with Crippen molar-refractivity contribution in [3.05, 3.63) is 21.3 Å². The summed E-state index contributed by atoms with van der Waals surface area (Å²) in [6.07, 6.45) is 3.52. The Labute approximate surface area is 108 Å². The van der Waals surface area contributed by atoms with Crippen molar-refractivity contribution in [3.8, 4) is 0 Å². The third-order valence-electron chi connectivity index (χ3n) is 3.04. The molecule has 0 amide bonds. The normalized spacial score (nSPS) is 15.0. The van der Waals surface area contributed by atoms with Crippen LogP contribution in [0.5, 0.6) is 0 Å². The highest BCUT2D eigenvalue weighted by molar-refractivity contribution is 7.16. The van der Waals surface area contributed by atoms with Crippen molar-refractivity contribution in [2.24, 2.45) is 5.92 Å². The van der Waals surface area contributed by atoms with Crippen molar-refractivity contribution < 1.29 is 0 Å². The largest absolute Gasteiger partial charge is 0.313 e. The lowest BCUT2D eigenvalue weighted by atomic mass is 9.95. The van der Waals surface area contributed by atoms with Gasteiger partial charge >= 0.3 is 0 Å². The smallest absolute Gasteiger partial charge is 0.0931 e. The molecule has 0 saturated heterocycles. The first-order valence-corrected chi connectivity index (χ1v) is 7.34. The van der Waals surface area contributed by atoms with Gasteiger partial charge in [0.05, 0.1) is 4.34 Å². The van der Waals surface area contributed by atoms with Gasteiger partial charge in [-0.3, -0.25) is 0 Å². The molecule has 16 heavy (non-hydrogen) atoms. The minimum absolute atomic E-state index is 0.583. The molecule has 2 atom stereocenters. The van der Waals surface area contributed by atoms with E-state index in [-0.39, 0.29) is 0 Å². The van der Waals surface area contributed by atoms with Crippen molar-refractivity contribution in [1.82, 2.24) is 5.32 Å². The Hall–Kier alpha value is -0.0500. The molecular weight excluding hydrogens is 238 g/mol. The quantitative estimate of drug-likeness (QED) is 0.767. The molecule has 0 aromatic carbocycles. The summed E-state index contributed by atoms with van der Waals surface area (Å²) in [7, 11) is 0. The second kappa shape index (κ2) is 7.31. The average Bonchev–Trinajstić information content (AvgIpc) is 2.69. The Morgan fingerprint density at radius 1 is 1.38 bits per heavy atom. The molecule has 0 bridgehead atoms. The molecule has 92 valence electrons. The number of nitrogens with one attached hydrogen (secondary N) is 1. The standard InChI is InChI=1S/C13H22ClNS/c1-4-8-15-12(10(3)5-2)9-11-6-7-13(14)16-11/h6-7,10,12,15H,4-5,8-9H2,1-3H3. The second-order valence-corrected chi connectivity index (χ2v) is 6.16. The summed E-state index contributed by atoms with van der Waals surface area (Å²) in [6, 6.07) is 4.73. The fourth-order valence-electron chi connectivity index (χ4n) is 1.77. The number of rotatable bonds is 7. The van der Waals surface area contributed by atoms with Gasteiger partial charge in [0.25, 0.3) is 0 Å². The van der Waals surface area contributed by atoms with E-state index in [9.17, 15) is 0 Å². The van der Waals surface area contributed by atoms with Gasteiger partial charge in [0.2, 0.25) is 0 Å². The van der Waals surface area contributed by atoms with E-state index in [0.29, 0.717) is 12.0 Å². The van der Waals surface area contributed by atoms with E-state index < -0.39 is 0 Å². The summed E-state index contributed by atoms with van der Waals surface area (Å²) in [5.74, 6) is 0.715. The molecule has 3 heteroatoms. The van der Waals surface area contributed by atoms with Crippen LogP contribution in [0, 0.1) is 5.92 Å². The van der Waals surface area contributed by atoms with Crippen LogP contribution in [-0.2, 0) is 6.42 Å². The third kappa shape index (κ3) is 4.44. The van der Waals surface area contributed by atoms with E-state index in [0.717, 1.165) is 17.3 Å². The number of hydrogen-bond acceptors (Lipinski definition) is 2. The predicted octanol–water partition coefficient (Wildman–Crippen LogP) is 4.36. The van der Waals surface area contributed by atoms with Crippen molar-refractivity contribution >= 4 is 22.9 Å². The lowest BCUT2D eigenvalue weighted by molar-refractivity contribution is 0.366. The molecule has 0 aliphatic rings. The first-order valence-electron chi connectivity index (χ1n) is 6.15. The topological polar surface area (TPSA) is 12.0 Å². The van der Waals surface area contributed by atoms with Crippen LogP contribution >= 0.6 is 22.9 Å². The van der Waals surface area contributed by atoms with Crippen molar-refractivity contribution in [3.63, 3.8) is 0 Å². The number of thiophene rings is 1. The molecule has 1 aromatic rings. The third-order valence-corrected chi connectivity index (χ3v) is 4.29. The number of halogens is 1. The zero-order chi connectivity index (χ0) is 12.0. The molecule has 2 unspecified atom stereocenters. The highest BCUT2D eigenvalue weighted by atomic mass is 35.5. The van der Waals surface area contributed by atoms with Gasteiger partial charge in [-0.25, -0.2) is 0 Å². The minimum atomic E-state index is 0.583. The lowest BCUT2D eigenvalue weighted by Crippen LogP contribution is -2.37. The van der Waals surface area contributed by atoms with E-state index in [1.807, 2.05) is 6.07 Å². The molecule has 1 N–H and O–H groups in total. The fourth-order valence-corrected chi connectivity index (χ4v) is 2.91. The summed E-state index contributed by atoms with van der Waals surface area (Å²) < 4.78 is 0.897. The first-order chi connectivity index (χ1) is 7.67. The van der Waals surface area contributed by atoms with E-state index in [1.54, 1.807) is 11.3 Å². The summed E-state index contributed by atoms with van der Waals surface area (Å²) in [6.45, 7) is 7.89. The van der Waals surface area contributed by atoms with Crippen LogP contribution in [0.15, 0.2) is 12.1 Å². The summed E-state index contributed by atoms with van der Waals surface area (Å²) >= 11 is 7.66. The average molecular weight is 260 g/mol. The van der Waals surface area contributed by atoms with Crippen LogP contribution in [0.1, 0.15) is 38.5 Å². The molecule has 1 heterocycles. The Kier molecular flexibility index (Phi) is 6.40. The monoisotopic (exact) mass is 259 g/mol. The van der Waals surface area contributed by atoms with E-state index in [1.165, 1.54) is 17.7 Å². The van der Waals surface area contributed by atoms with Crippen molar-refractivity contribution in [2.75, 3.05) is 6.54 Å². The Morgan fingerprint density at radius 3 is 2.62 bits per heavy atom. The first kappa shape index (κ1) is 14.0. The van der Waals surface area contributed by atoms with Crippen LogP contribution in [-0.4, -0.2) is 12.6 Å². The van der Waals surface area contributed by atoms with Gasteiger partial charge < -0.3 is 5.32 Å². The molecule has 1 aromatic heterocycles. The summed E-state index contributed by atoms with van der Waals surface area (Å²) in [5, 5.41) is 3.64. The van der Waals surface area contributed by atoms with Gasteiger partial charge in [0, 0.05) is 10.9 Å². The Morgan fingerprint density at radius 2 is 2.12 bits per heavy atom. The fraction of sp³-hybridized carbons (Fsp3) is 0.692. The molecule has 1 rings (SSSR count). The van der Waals surface area contributed by atoms with Gasteiger partial charge in [-0.15, -0.1) is 11.3 Å².